The summed E-state index contributed by atoms with van der Waals surface area (Å²) in [7, 11) is -3.44. The zero-order chi connectivity index (χ0) is 18.0. The maximum atomic E-state index is 13.0. The highest BCUT2D eigenvalue weighted by molar-refractivity contribution is 7.93. The van der Waals surface area contributed by atoms with Gasteiger partial charge in [-0.25, -0.2) is 12.8 Å². The highest BCUT2D eigenvalue weighted by Gasteiger charge is 2.37. The van der Waals surface area contributed by atoms with Crippen LogP contribution in [0.15, 0.2) is 47.4 Å². The molecule has 1 fully saturated rings. The minimum absolute atomic E-state index is 0.00528. The average molecular weight is 364 g/mol. The fraction of sp³-hybridized carbons (Fsp3) is 0.294. The summed E-state index contributed by atoms with van der Waals surface area (Å²) in [5.74, 6) is -1.04. The third-order valence-electron chi connectivity index (χ3n) is 4.17. The number of sulfone groups is 1. The van der Waals surface area contributed by atoms with Crippen molar-refractivity contribution in [2.24, 2.45) is 0 Å². The number of nitrogens with one attached hydrogen (secondary N) is 1. The molecule has 2 heterocycles. The molecule has 1 N–H and O–H groups in total. The Morgan fingerprint density at radius 2 is 1.96 bits per heavy atom. The first-order valence-electron chi connectivity index (χ1n) is 7.83. The number of benzene rings is 1. The normalized spacial score (nSPS) is 18.8. The Labute approximate surface area is 144 Å². The molecule has 1 aromatic heterocycles. The van der Waals surface area contributed by atoms with E-state index in [9.17, 15) is 22.4 Å². The van der Waals surface area contributed by atoms with Gasteiger partial charge in [0.2, 0.25) is 5.91 Å². The monoisotopic (exact) mass is 364 g/mol. The van der Waals surface area contributed by atoms with E-state index in [2.05, 4.69) is 5.32 Å². The second-order valence-electron chi connectivity index (χ2n) is 5.97. The van der Waals surface area contributed by atoms with E-state index >= 15 is 0 Å². The van der Waals surface area contributed by atoms with Crippen LogP contribution in [0.3, 0.4) is 0 Å². The molecule has 2 aromatic rings. The average Bonchev–Trinajstić information content (AvgIpc) is 2.92. The van der Waals surface area contributed by atoms with Crippen LogP contribution >= 0.6 is 0 Å². The number of halogens is 1. The van der Waals surface area contributed by atoms with E-state index in [1.54, 1.807) is 24.4 Å². The Morgan fingerprint density at radius 3 is 2.60 bits per heavy atom. The number of hydrogen-bond donors (Lipinski definition) is 1. The molecule has 1 amide bonds. The van der Waals surface area contributed by atoms with Crippen LogP contribution in [-0.2, 0) is 21.2 Å². The van der Waals surface area contributed by atoms with E-state index in [4.69, 9.17) is 0 Å². The number of rotatable bonds is 4. The molecule has 0 aliphatic carbocycles. The summed E-state index contributed by atoms with van der Waals surface area (Å²) in [6.45, 7) is 0.213. The quantitative estimate of drug-likeness (QED) is 0.892. The summed E-state index contributed by atoms with van der Waals surface area (Å²) in [6, 6.07) is 8.76. The standard InChI is InChI=1S/C17H17FN2O4S/c18-13-7-5-12(6-8-13)11-20-9-1-3-14(17(20)22)19-16(21)15-4-2-10-25(15,23)24/h1,3,5-9,15H,2,4,10-11H2,(H,19,21). The van der Waals surface area contributed by atoms with Gasteiger partial charge in [-0.1, -0.05) is 12.1 Å². The third-order valence-corrected chi connectivity index (χ3v) is 6.34. The van der Waals surface area contributed by atoms with Crippen LogP contribution in [0, 0.1) is 5.82 Å². The molecule has 0 spiro atoms. The van der Waals surface area contributed by atoms with Crippen molar-refractivity contribution in [3.63, 3.8) is 0 Å². The highest BCUT2D eigenvalue weighted by atomic mass is 32.2. The van der Waals surface area contributed by atoms with Crippen molar-refractivity contribution >= 4 is 21.4 Å². The molecule has 8 heteroatoms. The van der Waals surface area contributed by atoms with Crippen molar-refractivity contribution in [3.05, 3.63) is 64.3 Å². The van der Waals surface area contributed by atoms with E-state index in [1.807, 2.05) is 0 Å². The lowest BCUT2D eigenvalue weighted by atomic mass is 10.2. The Morgan fingerprint density at radius 1 is 1.24 bits per heavy atom. The number of amides is 1. The van der Waals surface area contributed by atoms with E-state index in [0.717, 1.165) is 5.56 Å². The van der Waals surface area contributed by atoms with Crippen LogP contribution < -0.4 is 10.9 Å². The van der Waals surface area contributed by atoms with E-state index in [-0.39, 0.29) is 30.2 Å². The molecule has 3 rings (SSSR count). The van der Waals surface area contributed by atoms with Gasteiger partial charge in [0.1, 0.15) is 16.8 Å². The number of pyridine rings is 1. The topological polar surface area (TPSA) is 85.2 Å². The van der Waals surface area contributed by atoms with Crippen LogP contribution in [-0.4, -0.2) is 29.9 Å². The van der Waals surface area contributed by atoms with Gasteiger partial charge in [-0.15, -0.1) is 0 Å². The lowest BCUT2D eigenvalue weighted by Gasteiger charge is -2.12. The highest BCUT2D eigenvalue weighted by Crippen LogP contribution is 2.21. The fourth-order valence-corrected chi connectivity index (χ4v) is 4.61. The molecule has 1 aliphatic heterocycles. The van der Waals surface area contributed by atoms with Gasteiger partial charge < -0.3 is 9.88 Å². The number of anilines is 1. The van der Waals surface area contributed by atoms with Crippen LogP contribution in [0.5, 0.6) is 0 Å². The predicted octanol–water partition coefficient (Wildman–Crippen LogP) is 1.55. The molecule has 0 saturated carbocycles. The second-order valence-corrected chi connectivity index (χ2v) is 8.27. The van der Waals surface area contributed by atoms with Gasteiger partial charge in [-0.3, -0.25) is 9.59 Å². The first-order valence-corrected chi connectivity index (χ1v) is 9.55. The summed E-state index contributed by atoms with van der Waals surface area (Å²) in [6.07, 6.45) is 2.27. The van der Waals surface area contributed by atoms with Crippen LogP contribution in [0.1, 0.15) is 18.4 Å². The summed E-state index contributed by atoms with van der Waals surface area (Å²) in [5, 5.41) is 1.33. The number of hydrogen-bond acceptors (Lipinski definition) is 4. The maximum Gasteiger partial charge on any atom is 0.274 e. The number of aromatic nitrogens is 1. The Hall–Kier alpha value is -2.48. The Bertz CT molecular complexity index is 951. The number of carbonyl (C=O) groups excluding carboxylic acids is 1. The van der Waals surface area contributed by atoms with Gasteiger partial charge in [0.15, 0.2) is 9.84 Å². The minimum Gasteiger partial charge on any atom is -0.320 e. The minimum atomic E-state index is -3.44. The van der Waals surface area contributed by atoms with E-state index < -0.39 is 26.6 Å². The fourth-order valence-electron chi connectivity index (χ4n) is 2.84. The smallest absolute Gasteiger partial charge is 0.274 e. The van der Waals surface area contributed by atoms with Crippen LogP contribution in [0.4, 0.5) is 10.1 Å². The Balaban J connectivity index is 1.80. The van der Waals surface area contributed by atoms with Crippen molar-refractivity contribution in [2.75, 3.05) is 11.1 Å². The summed E-state index contributed by atoms with van der Waals surface area (Å²) in [5.41, 5.74) is 0.303. The van der Waals surface area contributed by atoms with Gasteiger partial charge in [0, 0.05) is 6.20 Å². The lowest BCUT2D eigenvalue weighted by molar-refractivity contribution is -0.115. The molecule has 1 atom stereocenters. The predicted molar refractivity (Wildman–Crippen MR) is 91.6 cm³/mol. The Kier molecular flexibility index (Phi) is 4.71. The zero-order valence-electron chi connectivity index (χ0n) is 13.3. The molecule has 0 bridgehead atoms. The molecule has 132 valence electrons. The summed E-state index contributed by atoms with van der Waals surface area (Å²) < 4.78 is 38.0. The summed E-state index contributed by atoms with van der Waals surface area (Å²) >= 11 is 0. The van der Waals surface area contributed by atoms with Crippen molar-refractivity contribution < 1.29 is 17.6 Å². The molecule has 25 heavy (non-hydrogen) atoms. The van der Waals surface area contributed by atoms with Crippen molar-refractivity contribution in [2.45, 2.75) is 24.6 Å². The molecule has 0 radical (unpaired) electrons. The molecular weight excluding hydrogens is 347 g/mol. The second kappa shape index (κ2) is 6.79. The van der Waals surface area contributed by atoms with Crippen molar-refractivity contribution in [3.8, 4) is 0 Å². The van der Waals surface area contributed by atoms with Gasteiger partial charge in [-0.05, 0) is 42.7 Å². The third kappa shape index (κ3) is 3.79. The first kappa shape index (κ1) is 17.3. The zero-order valence-corrected chi connectivity index (χ0v) is 14.1. The van der Waals surface area contributed by atoms with Gasteiger partial charge in [0.05, 0.1) is 12.3 Å². The van der Waals surface area contributed by atoms with E-state index in [0.29, 0.717) is 6.42 Å². The first-order chi connectivity index (χ1) is 11.9. The number of carbonyl (C=O) groups is 1. The molecule has 6 nitrogen and oxygen atoms in total. The van der Waals surface area contributed by atoms with Gasteiger partial charge in [-0.2, -0.15) is 0 Å². The van der Waals surface area contributed by atoms with Crippen molar-refractivity contribution in [1.29, 1.82) is 0 Å². The lowest BCUT2D eigenvalue weighted by Crippen LogP contribution is -2.34. The van der Waals surface area contributed by atoms with Crippen molar-refractivity contribution in [1.82, 2.24) is 4.57 Å². The molecule has 1 aromatic carbocycles. The largest absolute Gasteiger partial charge is 0.320 e. The molecule has 1 unspecified atom stereocenters. The van der Waals surface area contributed by atoms with Gasteiger partial charge >= 0.3 is 0 Å². The maximum absolute atomic E-state index is 13.0. The van der Waals surface area contributed by atoms with Crippen LogP contribution in [0.2, 0.25) is 0 Å². The van der Waals surface area contributed by atoms with E-state index in [1.165, 1.54) is 22.8 Å². The molecule has 1 aliphatic rings. The van der Waals surface area contributed by atoms with Gasteiger partial charge in [0.25, 0.3) is 5.56 Å². The molecule has 1 saturated heterocycles. The summed E-state index contributed by atoms with van der Waals surface area (Å²) in [4.78, 5) is 24.7. The van der Waals surface area contributed by atoms with Crippen LogP contribution in [0.25, 0.3) is 0 Å². The SMILES string of the molecule is O=C(Nc1cccn(Cc2ccc(F)cc2)c1=O)C1CCCS1(=O)=O. The number of nitrogens with zero attached hydrogens (tertiary/aromatic N) is 1. The molecular formula is C17H17FN2O4S.